The van der Waals surface area contributed by atoms with Crippen LogP contribution in [0.3, 0.4) is 0 Å². The van der Waals surface area contributed by atoms with E-state index in [1.807, 2.05) is 18.2 Å². The third-order valence-electron chi connectivity index (χ3n) is 3.09. The van der Waals surface area contributed by atoms with Gasteiger partial charge >= 0.3 is 0 Å². The van der Waals surface area contributed by atoms with E-state index >= 15 is 0 Å². The number of carbonyl (C=O) groups is 1. The van der Waals surface area contributed by atoms with E-state index in [0.29, 0.717) is 26.5 Å². The molecule has 0 saturated heterocycles. The zero-order valence-electron chi connectivity index (χ0n) is 12.7. The van der Waals surface area contributed by atoms with Gasteiger partial charge in [-0.25, -0.2) is 0 Å². The molecule has 0 aliphatic rings. The quantitative estimate of drug-likeness (QED) is 0.648. The predicted molar refractivity (Wildman–Crippen MR) is 97.2 cm³/mol. The van der Waals surface area contributed by atoms with Crippen LogP contribution in [-0.4, -0.2) is 31.9 Å². The molecule has 126 valence electrons. The number of hydrogen-bond acceptors (Lipinski definition) is 7. The highest BCUT2D eigenvalue weighted by atomic mass is 35.5. The fourth-order valence-electron chi connectivity index (χ4n) is 1.96. The van der Waals surface area contributed by atoms with Gasteiger partial charge in [0.15, 0.2) is 0 Å². The van der Waals surface area contributed by atoms with Gasteiger partial charge in [-0.3, -0.25) is 4.79 Å². The summed E-state index contributed by atoms with van der Waals surface area (Å²) in [5, 5.41) is 26.8. The number of aromatic nitrogens is 4. The van der Waals surface area contributed by atoms with Crippen LogP contribution in [0.2, 0.25) is 5.02 Å². The molecule has 3 aromatic rings. The van der Waals surface area contributed by atoms with E-state index < -0.39 is 0 Å². The van der Waals surface area contributed by atoms with Crippen LogP contribution in [-0.2, 0) is 4.79 Å². The fourth-order valence-corrected chi connectivity index (χ4v) is 3.72. The molecule has 1 N–H and O–H groups in total. The van der Waals surface area contributed by atoms with Crippen molar-refractivity contribution in [1.82, 2.24) is 20.2 Å². The Kier molecular flexibility index (Phi) is 5.65. The summed E-state index contributed by atoms with van der Waals surface area (Å²) in [4.78, 5) is 12.0. The molecule has 7 nitrogen and oxygen atoms in total. The van der Waals surface area contributed by atoms with E-state index in [0.717, 1.165) is 5.69 Å². The number of rotatable bonds is 6. The van der Waals surface area contributed by atoms with E-state index in [1.54, 1.807) is 28.3 Å². The van der Waals surface area contributed by atoms with Crippen LogP contribution in [0.1, 0.15) is 12.0 Å². The number of anilines is 1. The topological polar surface area (TPSA) is 96.5 Å². The van der Waals surface area contributed by atoms with Crippen LogP contribution in [0.15, 0.2) is 40.9 Å². The molecular weight excluding hydrogens is 380 g/mol. The van der Waals surface area contributed by atoms with E-state index in [2.05, 4.69) is 20.8 Å². The van der Waals surface area contributed by atoms with Gasteiger partial charge in [0.1, 0.15) is 11.1 Å². The Labute approximate surface area is 156 Å². The van der Waals surface area contributed by atoms with E-state index in [-0.39, 0.29) is 12.3 Å². The number of tetrazole rings is 1. The van der Waals surface area contributed by atoms with Crippen molar-refractivity contribution in [2.75, 3.05) is 11.1 Å². The smallest absolute Gasteiger partial charge is 0.225 e. The Morgan fingerprint density at radius 1 is 1.44 bits per heavy atom. The Morgan fingerprint density at radius 3 is 3.12 bits per heavy atom. The molecule has 25 heavy (non-hydrogen) atoms. The second-order valence-electron chi connectivity index (χ2n) is 4.77. The lowest BCUT2D eigenvalue weighted by Crippen LogP contribution is -2.12. The molecule has 0 fully saturated rings. The predicted octanol–water partition coefficient (Wildman–Crippen LogP) is 3.37. The zero-order valence-corrected chi connectivity index (χ0v) is 15.1. The standard InChI is InChI=1S/C15H11ClN6OS2/c16-11-2-1-3-12(8-11)22-15(19-20-21-22)25-7-5-13(23)18-14-10(9-17)4-6-24-14/h1-4,6,8H,5,7H2,(H,18,23). The number of nitriles is 1. The Balaban J connectivity index is 1.57. The number of nitrogens with one attached hydrogen (secondary N) is 1. The lowest BCUT2D eigenvalue weighted by Gasteiger charge is -2.05. The van der Waals surface area contributed by atoms with Gasteiger partial charge < -0.3 is 5.32 Å². The number of thioether (sulfide) groups is 1. The van der Waals surface area contributed by atoms with Crippen LogP contribution in [0, 0.1) is 11.3 Å². The third-order valence-corrected chi connectivity index (χ3v) is 5.08. The third kappa shape index (κ3) is 4.36. The SMILES string of the molecule is N#Cc1ccsc1NC(=O)CCSc1nnnn1-c1cccc(Cl)c1. The summed E-state index contributed by atoms with van der Waals surface area (Å²) in [6.45, 7) is 0. The van der Waals surface area contributed by atoms with Crippen molar-refractivity contribution >= 4 is 45.6 Å². The molecule has 2 heterocycles. The lowest BCUT2D eigenvalue weighted by atomic mass is 10.3. The number of benzene rings is 1. The second kappa shape index (κ2) is 8.11. The van der Waals surface area contributed by atoms with E-state index in [1.165, 1.54) is 23.1 Å². The molecule has 2 aromatic heterocycles. The Morgan fingerprint density at radius 2 is 2.32 bits per heavy atom. The van der Waals surface area contributed by atoms with Gasteiger partial charge in [-0.15, -0.1) is 16.4 Å². The molecule has 0 atom stereocenters. The van der Waals surface area contributed by atoms with Crippen molar-refractivity contribution in [2.24, 2.45) is 0 Å². The Hall–Kier alpha value is -2.41. The van der Waals surface area contributed by atoms with Crippen LogP contribution >= 0.6 is 34.7 Å². The number of thiophene rings is 1. The van der Waals surface area contributed by atoms with Gasteiger partial charge in [0.05, 0.1) is 11.3 Å². The minimum Gasteiger partial charge on any atom is -0.317 e. The summed E-state index contributed by atoms with van der Waals surface area (Å²) in [6, 6.07) is 10.9. The highest BCUT2D eigenvalue weighted by Gasteiger charge is 2.12. The van der Waals surface area contributed by atoms with Crippen LogP contribution < -0.4 is 5.32 Å². The first-order valence-electron chi connectivity index (χ1n) is 7.12. The number of halogens is 1. The monoisotopic (exact) mass is 390 g/mol. The summed E-state index contributed by atoms with van der Waals surface area (Å²) in [7, 11) is 0. The van der Waals surface area contributed by atoms with Crippen molar-refractivity contribution in [3.8, 4) is 11.8 Å². The van der Waals surface area contributed by atoms with Gasteiger partial charge in [-0.2, -0.15) is 9.94 Å². The van der Waals surface area contributed by atoms with Gasteiger partial charge in [-0.05, 0) is 40.1 Å². The Bertz CT molecular complexity index is 932. The number of amides is 1. The highest BCUT2D eigenvalue weighted by molar-refractivity contribution is 7.99. The molecule has 1 amide bonds. The molecule has 0 spiro atoms. The highest BCUT2D eigenvalue weighted by Crippen LogP contribution is 2.23. The molecule has 0 aliphatic carbocycles. The van der Waals surface area contributed by atoms with Gasteiger partial charge in [0.2, 0.25) is 11.1 Å². The summed E-state index contributed by atoms with van der Waals surface area (Å²) in [6.07, 6.45) is 0.274. The van der Waals surface area contributed by atoms with E-state index in [4.69, 9.17) is 16.9 Å². The molecule has 0 saturated carbocycles. The van der Waals surface area contributed by atoms with Crippen LogP contribution in [0.25, 0.3) is 5.69 Å². The maximum Gasteiger partial charge on any atom is 0.225 e. The normalized spacial score (nSPS) is 10.4. The van der Waals surface area contributed by atoms with Crippen molar-refractivity contribution in [3.05, 3.63) is 46.3 Å². The summed E-state index contributed by atoms with van der Waals surface area (Å²) in [5.41, 5.74) is 1.22. The van der Waals surface area contributed by atoms with Gasteiger partial charge in [-0.1, -0.05) is 29.4 Å². The van der Waals surface area contributed by atoms with Crippen LogP contribution in [0.4, 0.5) is 5.00 Å². The number of hydrogen-bond donors (Lipinski definition) is 1. The maximum absolute atomic E-state index is 12.0. The molecular formula is C15H11ClN6OS2. The van der Waals surface area contributed by atoms with Crippen molar-refractivity contribution in [3.63, 3.8) is 0 Å². The van der Waals surface area contributed by atoms with Crippen molar-refractivity contribution < 1.29 is 4.79 Å². The van der Waals surface area contributed by atoms with Crippen LogP contribution in [0.5, 0.6) is 0 Å². The molecule has 0 radical (unpaired) electrons. The minimum absolute atomic E-state index is 0.159. The zero-order chi connectivity index (χ0) is 17.6. The minimum atomic E-state index is -0.159. The first kappa shape index (κ1) is 17.4. The van der Waals surface area contributed by atoms with E-state index in [9.17, 15) is 4.79 Å². The summed E-state index contributed by atoms with van der Waals surface area (Å²) in [5.74, 6) is 0.341. The summed E-state index contributed by atoms with van der Waals surface area (Å²) < 4.78 is 1.57. The average molecular weight is 391 g/mol. The van der Waals surface area contributed by atoms with Gasteiger partial charge in [0, 0.05) is 17.2 Å². The first-order valence-corrected chi connectivity index (χ1v) is 9.36. The van der Waals surface area contributed by atoms with Crippen molar-refractivity contribution in [2.45, 2.75) is 11.6 Å². The first-order chi connectivity index (χ1) is 12.2. The van der Waals surface area contributed by atoms with Gasteiger partial charge in [0.25, 0.3) is 0 Å². The maximum atomic E-state index is 12.0. The molecule has 0 aliphatic heterocycles. The molecule has 1 aromatic carbocycles. The molecule has 0 bridgehead atoms. The molecule has 0 unspecified atom stereocenters. The average Bonchev–Trinajstić information content (AvgIpc) is 3.24. The second-order valence-corrected chi connectivity index (χ2v) is 7.19. The fraction of sp³-hybridized carbons (Fsp3) is 0.133. The summed E-state index contributed by atoms with van der Waals surface area (Å²) >= 11 is 8.68. The largest absolute Gasteiger partial charge is 0.317 e. The molecule has 3 rings (SSSR count). The number of nitrogens with zero attached hydrogens (tertiary/aromatic N) is 5. The number of carbonyl (C=O) groups excluding carboxylic acids is 1. The lowest BCUT2D eigenvalue weighted by molar-refractivity contribution is -0.115. The van der Waals surface area contributed by atoms with Crippen molar-refractivity contribution in [1.29, 1.82) is 5.26 Å². The molecule has 10 heteroatoms.